The molecule has 0 saturated heterocycles. The lowest BCUT2D eigenvalue weighted by Gasteiger charge is -2.05. The van der Waals surface area contributed by atoms with Crippen molar-refractivity contribution in [2.75, 3.05) is 5.32 Å². The molecule has 2 aromatic carbocycles. The molecule has 0 unspecified atom stereocenters. The molecular weight excluding hydrogens is 413 g/mol. The first-order valence-electron chi connectivity index (χ1n) is 7.07. The number of halogens is 3. The zero-order chi connectivity index (χ0) is 17.3. The zero-order valence-corrected chi connectivity index (χ0v) is 15.7. The van der Waals surface area contributed by atoms with Crippen molar-refractivity contribution in [3.63, 3.8) is 0 Å². The monoisotopic (exact) mass is 423 g/mol. The van der Waals surface area contributed by atoms with Crippen molar-refractivity contribution in [1.82, 2.24) is 0 Å². The van der Waals surface area contributed by atoms with Gasteiger partial charge in [0.1, 0.15) is 11.5 Å². The van der Waals surface area contributed by atoms with Gasteiger partial charge in [-0.25, -0.2) is 0 Å². The fourth-order valence-electron chi connectivity index (χ4n) is 2.24. The third-order valence-corrected chi connectivity index (χ3v) is 4.74. The van der Waals surface area contributed by atoms with Gasteiger partial charge >= 0.3 is 0 Å². The van der Waals surface area contributed by atoms with Crippen LogP contribution in [0.1, 0.15) is 16.1 Å². The van der Waals surface area contributed by atoms with E-state index >= 15 is 0 Å². The summed E-state index contributed by atoms with van der Waals surface area (Å²) in [5.41, 5.74) is 1.94. The fourth-order valence-corrected chi connectivity index (χ4v) is 2.80. The molecule has 24 heavy (non-hydrogen) atoms. The molecule has 6 heteroatoms. The Morgan fingerprint density at radius 2 is 1.75 bits per heavy atom. The molecule has 0 aliphatic rings. The van der Waals surface area contributed by atoms with Crippen molar-refractivity contribution < 1.29 is 9.21 Å². The number of furan rings is 1. The lowest BCUT2D eigenvalue weighted by atomic mass is 10.1. The Bertz CT molecular complexity index is 904. The number of rotatable bonds is 3. The molecule has 0 fully saturated rings. The van der Waals surface area contributed by atoms with E-state index in [2.05, 4.69) is 21.2 Å². The number of carbonyl (C=O) groups is 1. The van der Waals surface area contributed by atoms with Crippen LogP contribution in [0.3, 0.4) is 0 Å². The molecular formula is C18H12BrCl2NO2. The Morgan fingerprint density at radius 1 is 1.04 bits per heavy atom. The summed E-state index contributed by atoms with van der Waals surface area (Å²) in [6.07, 6.45) is 0. The van der Waals surface area contributed by atoms with Gasteiger partial charge in [-0.3, -0.25) is 4.79 Å². The standard InChI is InChI=1S/C18H12BrCl2NO2/c1-10-14(9-17(24-10)11-2-4-12(19)5-3-11)18(23)22-13-6-7-15(20)16(21)8-13/h2-9H,1H3,(H,22,23). The lowest BCUT2D eigenvalue weighted by molar-refractivity contribution is 0.102. The molecule has 0 saturated carbocycles. The SMILES string of the molecule is Cc1oc(-c2ccc(Br)cc2)cc1C(=O)Nc1ccc(Cl)c(Cl)c1. The molecule has 1 amide bonds. The van der Waals surface area contributed by atoms with E-state index in [0.717, 1.165) is 10.0 Å². The summed E-state index contributed by atoms with van der Waals surface area (Å²) < 4.78 is 6.70. The minimum absolute atomic E-state index is 0.266. The number of amides is 1. The number of aryl methyl sites for hydroxylation is 1. The van der Waals surface area contributed by atoms with Gasteiger partial charge in [0.2, 0.25) is 0 Å². The van der Waals surface area contributed by atoms with Gasteiger partial charge in [-0.15, -0.1) is 0 Å². The smallest absolute Gasteiger partial charge is 0.259 e. The molecule has 3 nitrogen and oxygen atoms in total. The minimum atomic E-state index is -0.266. The largest absolute Gasteiger partial charge is 0.461 e. The summed E-state index contributed by atoms with van der Waals surface area (Å²) in [5, 5.41) is 3.61. The topological polar surface area (TPSA) is 42.2 Å². The third-order valence-electron chi connectivity index (χ3n) is 3.47. The Balaban J connectivity index is 1.85. The molecule has 3 rings (SSSR count). The molecule has 0 radical (unpaired) electrons. The van der Waals surface area contributed by atoms with Gasteiger partial charge < -0.3 is 9.73 Å². The number of hydrogen-bond donors (Lipinski definition) is 1. The predicted molar refractivity (Wildman–Crippen MR) is 101 cm³/mol. The van der Waals surface area contributed by atoms with Gasteiger partial charge in [-0.1, -0.05) is 51.3 Å². The van der Waals surface area contributed by atoms with Crippen molar-refractivity contribution >= 4 is 50.7 Å². The summed E-state index contributed by atoms with van der Waals surface area (Å²) >= 11 is 15.2. The predicted octanol–water partition coefficient (Wildman–Crippen LogP) is 6.58. The summed E-state index contributed by atoms with van der Waals surface area (Å²) in [4.78, 5) is 12.5. The van der Waals surface area contributed by atoms with Crippen LogP contribution < -0.4 is 5.32 Å². The number of hydrogen-bond acceptors (Lipinski definition) is 2. The molecule has 1 aromatic heterocycles. The van der Waals surface area contributed by atoms with Gasteiger partial charge in [0.25, 0.3) is 5.91 Å². The van der Waals surface area contributed by atoms with E-state index in [1.807, 2.05) is 24.3 Å². The molecule has 0 bridgehead atoms. The normalized spacial score (nSPS) is 10.7. The van der Waals surface area contributed by atoms with Gasteiger partial charge in [0.15, 0.2) is 0 Å². The molecule has 1 N–H and O–H groups in total. The molecule has 1 heterocycles. The van der Waals surface area contributed by atoms with E-state index in [9.17, 15) is 4.79 Å². The minimum Gasteiger partial charge on any atom is -0.461 e. The zero-order valence-electron chi connectivity index (χ0n) is 12.6. The highest BCUT2D eigenvalue weighted by Crippen LogP contribution is 2.28. The van der Waals surface area contributed by atoms with E-state index in [4.69, 9.17) is 27.6 Å². The average molecular weight is 425 g/mol. The maximum atomic E-state index is 12.5. The molecule has 122 valence electrons. The maximum Gasteiger partial charge on any atom is 0.259 e. The first-order valence-corrected chi connectivity index (χ1v) is 8.61. The fraction of sp³-hybridized carbons (Fsp3) is 0.0556. The lowest BCUT2D eigenvalue weighted by Crippen LogP contribution is -2.12. The second-order valence-electron chi connectivity index (χ2n) is 5.17. The highest BCUT2D eigenvalue weighted by molar-refractivity contribution is 9.10. The number of benzene rings is 2. The first kappa shape index (κ1) is 17.1. The molecule has 0 aliphatic heterocycles. The molecule has 0 aliphatic carbocycles. The Morgan fingerprint density at radius 3 is 2.42 bits per heavy atom. The highest BCUT2D eigenvalue weighted by atomic mass is 79.9. The van der Waals surface area contributed by atoms with E-state index < -0.39 is 0 Å². The van der Waals surface area contributed by atoms with Crippen LogP contribution in [0.4, 0.5) is 5.69 Å². The van der Waals surface area contributed by atoms with Crippen molar-refractivity contribution in [2.24, 2.45) is 0 Å². The van der Waals surface area contributed by atoms with Crippen LogP contribution in [0, 0.1) is 6.92 Å². The molecule has 0 atom stereocenters. The van der Waals surface area contributed by atoms with Crippen LogP contribution in [0.2, 0.25) is 10.0 Å². The van der Waals surface area contributed by atoms with Gasteiger partial charge in [0.05, 0.1) is 15.6 Å². The highest BCUT2D eigenvalue weighted by Gasteiger charge is 2.16. The average Bonchev–Trinajstić information content (AvgIpc) is 2.93. The molecule has 3 aromatic rings. The van der Waals surface area contributed by atoms with E-state index in [1.165, 1.54) is 0 Å². The second kappa shape index (κ2) is 7.01. The Kier molecular flexibility index (Phi) is 4.99. The summed E-state index contributed by atoms with van der Waals surface area (Å²) in [6.45, 7) is 1.76. The van der Waals surface area contributed by atoms with Gasteiger partial charge in [0, 0.05) is 15.7 Å². The van der Waals surface area contributed by atoms with Crippen LogP contribution in [-0.2, 0) is 0 Å². The van der Waals surface area contributed by atoms with E-state index in [-0.39, 0.29) is 5.91 Å². The van der Waals surface area contributed by atoms with E-state index in [1.54, 1.807) is 31.2 Å². The van der Waals surface area contributed by atoms with Crippen molar-refractivity contribution in [3.8, 4) is 11.3 Å². The summed E-state index contributed by atoms with van der Waals surface area (Å²) in [7, 11) is 0. The number of nitrogens with one attached hydrogen (secondary N) is 1. The van der Waals surface area contributed by atoms with Crippen molar-refractivity contribution in [2.45, 2.75) is 6.92 Å². The first-order chi connectivity index (χ1) is 11.4. The van der Waals surface area contributed by atoms with Crippen LogP contribution in [-0.4, -0.2) is 5.91 Å². The number of carbonyl (C=O) groups excluding carboxylic acids is 1. The second-order valence-corrected chi connectivity index (χ2v) is 6.90. The van der Waals surface area contributed by atoms with Crippen LogP contribution in [0.15, 0.2) is 57.4 Å². The summed E-state index contributed by atoms with van der Waals surface area (Å²) in [6, 6.07) is 14.3. The van der Waals surface area contributed by atoms with Gasteiger partial charge in [-0.2, -0.15) is 0 Å². The van der Waals surface area contributed by atoms with Gasteiger partial charge in [-0.05, 0) is 43.3 Å². The Labute approximate surface area is 157 Å². The van der Waals surface area contributed by atoms with Crippen LogP contribution in [0.25, 0.3) is 11.3 Å². The number of anilines is 1. The maximum absolute atomic E-state index is 12.5. The molecule has 0 spiro atoms. The summed E-state index contributed by atoms with van der Waals surface area (Å²) in [5.74, 6) is 0.919. The van der Waals surface area contributed by atoms with Crippen molar-refractivity contribution in [1.29, 1.82) is 0 Å². The third kappa shape index (κ3) is 3.66. The van der Waals surface area contributed by atoms with Crippen LogP contribution in [0.5, 0.6) is 0 Å². The quantitative estimate of drug-likeness (QED) is 0.516. The van der Waals surface area contributed by atoms with Crippen LogP contribution >= 0.6 is 39.1 Å². The van der Waals surface area contributed by atoms with E-state index in [0.29, 0.717) is 32.8 Å². The van der Waals surface area contributed by atoms with Crippen molar-refractivity contribution in [3.05, 3.63) is 74.4 Å². The Hall–Kier alpha value is -1.75.